The molecule has 0 saturated heterocycles. The summed E-state index contributed by atoms with van der Waals surface area (Å²) in [4.78, 5) is 14.0. The van der Waals surface area contributed by atoms with Crippen LogP contribution < -0.4 is 10.6 Å². The van der Waals surface area contributed by atoms with Crippen molar-refractivity contribution in [2.75, 3.05) is 14.1 Å². The first-order valence-electron chi connectivity index (χ1n) is 7.61. The number of rotatable bonds is 6. The van der Waals surface area contributed by atoms with Gasteiger partial charge in [-0.15, -0.1) is 0 Å². The second-order valence-corrected chi connectivity index (χ2v) is 5.90. The average Bonchev–Trinajstić information content (AvgIpc) is 2.81. The highest BCUT2D eigenvalue weighted by Crippen LogP contribution is 2.11. The van der Waals surface area contributed by atoms with Crippen LogP contribution in [0.3, 0.4) is 0 Å². The third-order valence-corrected chi connectivity index (χ3v) is 3.55. The number of nitrogens with zero attached hydrogens (tertiary/aromatic N) is 2. The summed E-state index contributed by atoms with van der Waals surface area (Å²) in [5.41, 5.74) is 4.04. The molecule has 0 atom stereocenters. The predicted molar refractivity (Wildman–Crippen MR) is 88.9 cm³/mol. The van der Waals surface area contributed by atoms with Gasteiger partial charge in [0.25, 0.3) is 0 Å². The van der Waals surface area contributed by atoms with Gasteiger partial charge in [0.2, 0.25) is 0 Å². The quantitative estimate of drug-likeness (QED) is 0.858. The largest absolute Gasteiger partial charge is 0.361 e. The molecule has 124 valence electrons. The lowest BCUT2D eigenvalue weighted by molar-refractivity contribution is 0.240. The van der Waals surface area contributed by atoms with E-state index in [1.165, 1.54) is 5.56 Å². The number of urea groups is 1. The number of hydrogen-bond acceptors (Lipinski definition) is 4. The van der Waals surface area contributed by atoms with Crippen molar-refractivity contribution in [2.24, 2.45) is 0 Å². The first-order valence-corrected chi connectivity index (χ1v) is 7.61. The smallest absolute Gasteiger partial charge is 0.315 e. The predicted octanol–water partition coefficient (Wildman–Crippen LogP) is 2.35. The van der Waals surface area contributed by atoms with Crippen LogP contribution in [0, 0.1) is 13.8 Å². The zero-order valence-corrected chi connectivity index (χ0v) is 14.1. The van der Waals surface area contributed by atoms with Gasteiger partial charge in [0.05, 0.1) is 5.69 Å². The maximum atomic E-state index is 11.9. The second kappa shape index (κ2) is 7.78. The van der Waals surface area contributed by atoms with Gasteiger partial charge in [-0.2, -0.15) is 0 Å². The van der Waals surface area contributed by atoms with Crippen LogP contribution in [0.5, 0.6) is 0 Å². The number of hydrogen-bond donors (Lipinski definition) is 2. The van der Waals surface area contributed by atoms with Gasteiger partial charge in [0, 0.05) is 25.2 Å². The fraction of sp³-hybridized carbons (Fsp3) is 0.412. The summed E-state index contributed by atoms with van der Waals surface area (Å²) in [6.45, 7) is 5.49. The van der Waals surface area contributed by atoms with Crippen LogP contribution in [0.4, 0.5) is 4.79 Å². The fourth-order valence-corrected chi connectivity index (χ4v) is 2.37. The molecule has 2 amide bonds. The molecule has 1 aromatic heterocycles. The second-order valence-electron chi connectivity index (χ2n) is 5.90. The van der Waals surface area contributed by atoms with Gasteiger partial charge < -0.3 is 20.1 Å². The van der Waals surface area contributed by atoms with Crippen molar-refractivity contribution in [3.8, 4) is 0 Å². The van der Waals surface area contributed by atoms with Crippen molar-refractivity contribution in [1.29, 1.82) is 0 Å². The van der Waals surface area contributed by atoms with Gasteiger partial charge in [-0.3, -0.25) is 0 Å². The Labute approximate surface area is 136 Å². The van der Waals surface area contributed by atoms with Crippen molar-refractivity contribution < 1.29 is 9.32 Å². The minimum absolute atomic E-state index is 0.206. The molecule has 0 aliphatic carbocycles. The van der Waals surface area contributed by atoms with E-state index in [4.69, 9.17) is 4.52 Å². The van der Waals surface area contributed by atoms with Crippen molar-refractivity contribution in [1.82, 2.24) is 20.7 Å². The summed E-state index contributed by atoms with van der Waals surface area (Å²) in [6.07, 6.45) is 0. The molecule has 6 nitrogen and oxygen atoms in total. The number of aryl methyl sites for hydroxylation is 2. The van der Waals surface area contributed by atoms with Crippen molar-refractivity contribution in [3.63, 3.8) is 0 Å². The van der Waals surface area contributed by atoms with Crippen LogP contribution in [-0.4, -0.2) is 30.2 Å². The van der Waals surface area contributed by atoms with Crippen LogP contribution in [0.15, 0.2) is 28.8 Å². The zero-order valence-electron chi connectivity index (χ0n) is 14.1. The van der Waals surface area contributed by atoms with Crippen LogP contribution in [0.1, 0.15) is 28.1 Å². The van der Waals surface area contributed by atoms with E-state index in [2.05, 4.69) is 32.8 Å². The molecule has 2 N–H and O–H groups in total. The average molecular weight is 316 g/mol. The number of amides is 2. The molecule has 23 heavy (non-hydrogen) atoms. The molecule has 0 aliphatic rings. The molecule has 0 unspecified atom stereocenters. The molecule has 0 aliphatic heterocycles. The van der Waals surface area contributed by atoms with Gasteiger partial charge in [0.15, 0.2) is 0 Å². The van der Waals surface area contributed by atoms with E-state index in [9.17, 15) is 4.79 Å². The normalized spacial score (nSPS) is 10.8. The molecule has 0 fully saturated rings. The number of carbonyl (C=O) groups is 1. The molecule has 0 spiro atoms. The van der Waals surface area contributed by atoms with E-state index < -0.39 is 0 Å². The Bertz CT molecular complexity index is 645. The summed E-state index contributed by atoms with van der Waals surface area (Å²) >= 11 is 0. The Hall–Kier alpha value is -2.34. The third-order valence-electron chi connectivity index (χ3n) is 3.55. The maximum Gasteiger partial charge on any atom is 0.315 e. The van der Waals surface area contributed by atoms with E-state index in [1.807, 2.05) is 40.1 Å². The van der Waals surface area contributed by atoms with Crippen molar-refractivity contribution >= 4 is 6.03 Å². The maximum absolute atomic E-state index is 11.9. The van der Waals surface area contributed by atoms with Gasteiger partial charge in [-0.1, -0.05) is 29.4 Å². The SMILES string of the molecule is Cc1noc(C)c1CNC(=O)NCc1cccc(CN(C)C)c1. The van der Waals surface area contributed by atoms with Crippen LogP contribution in [-0.2, 0) is 19.6 Å². The Morgan fingerprint density at radius 2 is 1.87 bits per heavy atom. The summed E-state index contributed by atoms with van der Waals surface area (Å²) in [6, 6.07) is 8.00. The molecule has 1 aromatic carbocycles. The molecule has 2 aromatic rings. The van der Waals surface area contributed by atoms with Gasteiger partial charge in [-0.05, 0) is 39.1 Å². The molecule has 0 saturated carbocycles. The Morgan fingerprint density at radius 1 is 1.17 bits per heavy atom. The summed E-state index contributed by atoms with van der Waals surface area (Å²) in [5, 5.41) is 9.56. The molecule has 2 rings (SSSR count). The van der Waals surface area contributed by atoms with Gasteiger partial charge >= 0.3 is 6.03 Å². The topological polar surface area (TPSA) is 70.4 Å². The highest BCUT2D eigenvalue weighted by molar-refractivity contribution is 5.73. The standard InChI is InChI=1S/C17H24N4O2/c1-12-16(13(2)23-20-12)10-19-17(22)18-9-14-6-5-7-15(8-14)11-21(3)4/h5-8H,9-11H2,1-4H3,(H2,18,19,22). The minimum Gasteiger partial charge on any atom is -0.361 e. The highest BCUT2D eigenvalue weighted by Gasteiger charge is 2.10. The number of carbonyl (C=O) groups excluding carboxylic acids is 1. The molecule has 6 heteroatoms. The fourth-order valence-electron chi connectivity index (χ4n) is 2.37. The summed E-state index contributed by atoms with van der Waals surface area (Å²) < 4.78 is 5.08. The number of nitrogens with one attached hydrogen (secondary N) is 2. The van der Waals surface area contributed by atoms with E-state index in [0.717, 1.165) is 29.1 Å². The number of aromatic nitrogens is 1. The lowest BCUT2D eigenvalue weighted by atomic mass is 10.1. The zero-order chi connectivity index (χ0) is 16.8. The molecule has 0 radical (unpaired) electrons. The summed E-state index contributed by atoms with van der Waals surface area (Å²) in [5.74, 6) is 0.735. The van der Waals surface area contributed by atoms with Crippen LogP contribution in [0.2, 0.25) is 0 Å². The van der Waals surface area contributed by atoms with E-state index >= 15 is 0 Å². The number of benzene rings is 1. The monoisotopic (exact) mass is 316 g/mol. The third kappa shape index (κ3) is 5.10. The molecule has 0 bridgehead atoms. The van der Waals surface area contributed by atoms with Crippen molar-refractivity contribution in [3.05, 3.63) is 52.4 Å². The van der Waals surface area contributed by atoms with Gasteiger partial charge in [0.1, 0.15) is 5.76 Å². The highest BCUT2D eigenvalue weighted by atomic mass is 16.5. The lowest BCUT2D eigenvalue weighted by Gasteiger charge is -2.11. The first kappa shape index (κ1) is 17.0. The minimum atomic E-state index is -0.206. The van der Waals surface area contributed by atoms with E-state index in [0.29, 0.717) is 13.1 Å². The van der Waals surface area contributed by atoms with Crippen LogP contribution in [0.25, 0.3) is 0 Å². The molecule has 1 heterocycles. The summed E-state index contributed by atoms with van der Waals surface area (Å²) in [7, 11) is 4.07. The first-order chi connectivity index (χ1) is 11.0. The van der Waals surface area contributed by atoms with Crippen molar-refractivity contribution in [2.45, 2.75) is 33.5 Å². The van der Waals surface area contributed by atoms with Gasteiger partial charge in [-0.25, -0.2) is 4.79 Å². The molecular formula is C17H24N4O2. The molecular weight excluding hydrogens is 292 g/mol. The lowest BCUT2D eigenvalue weighted by Crippen LogP contribution is -2.34. The Morgan fingerprint density at radius 3 is 2.52 bits per heavy atom. The Balaban J connectivity index is 1.82. The van der Waals surface area contributed by atoms with E-state index in [-0.39, 0.29) is 6.03 Å². The Kier molecular flexibility index (Phi) is 5.76. The van der Waals surface area contributed by atoms with E-state index in [1.54, 1.807) is 0 Å². The van der Waals surface area contributed by atoms with Crippen LogP contribution >= 0.6 is 0 Å².